The fraction of sp³-hybridized carbons (Fsp3) is 0.706. The molecule has 6 nitrogen and oxygen atoms in total. The second kappa shape index (κ2) is 7.01. The third-order valence-corrected chi connectivity index (χ3v) is 4.49. The first-order valence-electron chi connectivity index (χ1n) is 8.80. The molecule has 24 heavy (non-hydrogen) atoms. The molecule has 1 saturated carbocycles. The highest BCUT2D eigenvalue weighted by atomic mass is 19.1. The van der Waals surface area contributed by atoms with E-state index in [1.807, 2.05) is 13.8 Å². The van der Waals surface area contributed by atoms with E-state index in [9.17, 15) is 9.50 Å². The largest absolute Gasteiger partial charge is 0.386 e. The maximum atomic E-state index is 14.3. The minimum Gasteiger partial charge on any atom is -0.386 e. The van der Waals surface area contributed by atoms with Gasteiger partial charge in [-0.25, -0.2) is 4.39 Å². The van der Waals surface area contributed by atoms with Crippen LogP contribution in [0.15, 0.2) is 5.83 Å². The van der Waals surface area contributed by atoms with Gasteiger partial charge in [-0.1, -0.05) is 0 Å². The zero-order chi connectivity index (χ0) is 17.3. The summed E-state index contributed by atoms with van der Waals surface area (Å²) in [5, 5.41) is 16.3. The van der Waals surface area contributed by atoms with Crippen LogP contribution in [-0.2, 0) is 0 Å². The molecule has 0 amide bonds. The molecule has 0 spiro atoms. The summed E-state index contributed by atoms with van der Waals surface area (Å²) in [6.45, 7) is 6.10. The summed E-state index contributed by atoms with van der Waals surface area (Å²) in [5.74, 6) is 1.35. The SMILES string of the molecule is CC(C)Nc1nc(N[C@@H](C)C2CC2)nc(C2=C(F)C(O)CCC2)n1. The summed E-state index contributed by atoms with van der Waals surface area (Å²) < 4.78 is 14.3. The highest BCUT2D eigenvalue weighted by Gasteiger charge is 2.29. The van der Waals surface area contributed by atoms with Crippen molar-refractivity contribution in [1.29, 1.82) is 0 Å². The first kappa shape index (κ1) is 17.1. The van der Waals surface area contributed by atoms with Crippen LogP contribution in [-0.4, -0.2) is 38.2 Å². The van der Waals surface area contributed by atoms with Gasteiger partial charge in [-0.15, -0.1) is 0 Å². The van der Waals surface area contributed by atoms with Crippen molar-refractivity contribution >= 4 is 17.5 Å². The Labute approximate surface area is 142 Å². The van der Waals surface area contributed by atoms with Crippen molar-refractivity contribution in [3.8, 4) is 0 Å². The van der Waals surface area contributed by atoms with Gasteiger partial charge in [0, 0.05) is 17.7 Å². The van der Waals surface area contributed by atoms with Gasteiger partial charge in [-0.3, -0.25) is 0 Å². The number of anilines is 2. The lowest BCUT2D eigenvalue weighted by Gasteiger charge is -2.20. The zero-order valence-electron chi connectivity index (χ0n) is 14.5. The number of allylic oxidation sites excluding steroid dienone is 1. The van der Waals surface area contributed by atoms with Gasteiger partial charge in [0.25, 0.3) is 0 Å². The van der Waals surface area contributed by atoms with E-state index in [-0.39, 0.29) is 12.1 Å². The molecule has 0 aromatic carbocycles. The fourth-order valence-corrected chi connectivity index (χ4v) is 2.95. The Balaban J connectivity index is 1.93. The van der Waals surface area contributed by atoms with Crippen molar-refractivity contribution in [2.45, 2.75) is 71.1 Å². The molecule has 0 bridgehead atoms. The lowest BCUT2D eigenvalue weighted by Crippen LogP contribution is -2.22. The Kier molecular flexibility index (Phi) is 4.99. The quantitative estimate of drug-likeness (QED) is 0.741. The van der Waals surface area contributed by atoms with Crippen LogP contribution in [0.1, 0.15) is 58.7 Å². The van der Waals surface area contributed by atoms with Crippen LogP contribution in [0.4, 0.5) is 16.3 Å². The van der Waals surface area contributed by atoms with E-state index >= 15 is 0 Å². The van der Waals surface area contributed by atoms with Crippen molar-refractivity contribution in [3.05, 3.63) is 11.7 Å². The molecule has 1 unspecified atom stereocenters. The summed E-state index contributed by atoms with van der Waals surface area (Å²) >= 11 is 0. The van der Waals surface area contributed by atoms with Crippen molar-refractivity contribution in [2.24, 2.45) is 5.92 Å². The molecule has 0 saturated heterocycles. The molecule has 1 heterocycles. The second-order valence-corrected chi connectivity index (χ2v) is 7.11. The number of halogens is 1. The molecule has 1 aromatic rings. The van der Waals surface area contributed by atoms with Crippen molar-refractivity contribution in [2.75, 3.05) is 10.6 Å². The van der Waals surface area contributed by atoms with E-state index in [0.717, 1.165) is 6.42 Å². The van der Waals surface area contributed by atoms with Crippen LogP contribution in [0.2, 0.25) is 0 Å². The van der Waals surface area contributed by atoms with Crippen molar-refractivity contribution in [1.82, 2.24) is 15.0 Å². The first-order chi connectivity index (χ1) is 11.4. The minimum atomic E-state index is -1.05. The number of nitrogens with zero attached hydrogens (tertiary/aromatic N) is 3. The van der Waals surface area contributed by atoms with Gasteiger partial charge < -0.3 is 15.7 Å². The van der Waals surface area contributed by atoms with Gasteiger partial charge in [0.05, 0.1) is 0 Å². The van der Waals surface area contributed by atoms with E-state index in [4.69, 9.17) is 0 Å². The monoisotopic (exact) mass is 335 g/mol. The van der Waals surface area contributed by atoms with Gasteiger partial charge in [0.2, 0.25) is 11.9 Å². The zero-order valence-corrected chi connectivity index (χ0v) is 14.5. The van der Waals surface area contributed by atoms with Crippen LogP contribution in [0.25, 0.3) is 5.57 Å². The van der Waals surface area contributed by atoms with Crippen LogP contribution < -0.4 is 10.6 Å². The van der Waals surface area contributed by atoms with Gasteiger partial charge in [-0.2, -0.15) is 15.0 Å². The molecule has 1 fully saturated rings. The number of hydrogen-bond acceptors (Lipinski definition) is 6. The molecule has 2 aliphatic carbocycles. The van der Waals surface area contributed by atoms with Gasteiger partial charge >= 0.3 is 0 Å². The van der Waals surface area contributed by atoms with E-state index < -0.39 is 11.9 Å². The Hall–Kier alpha value is -1.76. The highest BCUT2D eigenvalue weighted by molar-refractivity contribution is 5.65. The molecule has 1 aromatic heterocycles. The third kappa shape index (κ3) is 4.01. The molecule has 0 radical (unpaired) electrons. The van der Waals surface area contributed by atoms with Gasteiger partial charge in [-0.05, 0) is 58.8 Å². The average Bonchev–Trinajstić information content (AvgIpc) is 3.33. The number of aliphatic hydroxyl groups excluding tert-OH is 1. The number of rotatable bonds is 6. The lowest BCUT2D eigenvalue weighted by atomic mass is 9.96. The maximum absolute atomic E-state index is 14.3. The molecule has 7 heteroatoms. The predicted molar refractivity (Wildman–Crippen MR) is 92.3 cm³/mol. The van der Waals surface area contributed by atoms with E-state index in [1.54, 1.807) is 0 Å². The Morgan fingerprint density at radius 2 is 1.71 bits per heavy atom. The predicted octanol–water partition coefficient (Wildman–Crippen LogP) is 3.13. The molecular weight excluding hydrogens is 309 g/mol. The fourth-order valence-electron chi connectivity index (χ4n) is 2.95. The van der Waals surface area contributed by atoms with Crippen LogP contribution in [0, 0.1) is 5.92 Å². The van der Waals surface area contributed by atoms with E-state index in [0.29, 0.717) is 42.1 Å². The molecule has 3 rings (SSSR count). The molecule has 3 N–H and O–H groups in total. The van der Waals surface area contributed by atoms with Crippen molar-refractivity contribution < 1.29 is 9.50 Å². The van der Waals surface area contributed by atoms with Gasteiger partial charge in [0.1, 0.15) is 11.9 Å². The van der Waals surface area contributed by atoms with Crippen molar-refractivity contribution in [3.63, 3.8) is 0 Å². The molecule has 2 aliphatic rings. The van der Waals surface area contributed by atoms with E-state index in [1.165, 1.54) is 12.8 Å². The van der Waals surface area contributed by atoms with Crippen LogP contribution in [0.5, 0.6) is 0 Å². The van der Waals surface area contributed by atoms with Gasteiger partial charge in [0.15, 0.2) is 5.82 Å². The lowest BCUT2D eigenvalue weighted by molar-refractivity contribution is 0.165. The molecular formula is C17H26FN5O. The summed E-state index contributed by atoms with van der Waals surface area (Å²) in [6.07, 6.45) is 3.09. The smallest absolute Gasteiger partial charge is 0.228 e. The van der Waals surface area contributed by atoms with Crippen LogP contribution >= 0.6 is 0 Å². The minimum absolute atomic E-state index is 0.157. The first-order valence-corrected chi connectivity index (χ1v) is 8.80. The van der Waals surface area contributed by atoms with Crippen LogP contribution in [0.3, 0.4) is 0 Å². The molecule has 2 atom stereocenters. The number of hydrogen-bond donors (Lipinski definition) is 3. The summed E-state index contributed by atoms with van der Waals surface area (Å²) in [7, 11) is 0. The third-order valence-electron chi connectivity index (χ3n) is 4.49. The number of aliphatic hydroxyl groups is 1. The highest BCUT2D eigenvalue weighted by Crippen LogP contribution is 2.35. The Morgan fingerprint density at radius 1 is 1.04 bits per heavy atom. The number of nitrogens with one attached hydrogen (secondary N) is 2. The molecule has 132 valence electrons. The average molecular weight is 335 g/mol. The normalized spacial score (nSPS) is 22.7. The Morgan fingerprint density at radius 3 is 2.33 bits per heavy atom. The summed E-state index contributed by atoms with van der Waals surface area (Å²) in [6, 6.07) is 0.438. The summed E-state index contributed by atoms with van der Waals surface area (Å²) in [4.78, 5) is 13.2. The second-order valence-electron chi connectivity index (χ2n) is 7.11. The maximum Gasteiger partial charge on any atom is 0.228 e. The number of aromatic nitrogens is 3. The standard InChI is InChI=1S/C17H26FN5O/c1-9(2)19-16-21-15(12-5-4-6-13(24)14(12)18)22-17(23-16)20-10(3)11-7-8-11/h9-11,13,24H,4-8H2,1-3H3,(H2,19,20,21,22,23)/t10-,13?/m0/s1. The van der Waals surface area contributed by atoms with E-state index in [2.05, 4.69) is 32.5 Å². The Bertz CT molecular complexity index is 629. The topological polar surface area (TPSA) is 83.0 Å². The molecule has 0 aliphatic heterocycles. The summed E-state index contributed by atoms with van der Waals surface area (Å²) in [5.41, 5.74) is 0.394.